The first-order valence-electron chi connectivity index (χ1n) is 12.3. The van der Waals surface area contributed by atoms with Crippen molar-refractivity contribution in [2.45, 2.75) is 18.6 Å². The fraction of sp³-hybridized carbons (Fsp3) is 0.321. The molecule has 36 heavy (non-hydrogen) atoms. The summed E-state index contributed by atoms with van der Waals surface area (Å²) >= 11 is 0. The molecule has 3 aliphatic rings. The Kier molecular flexibility index (Phi) is 5.89. The third-order valence-corrected chi connectivity index (χ3v) is 7.39. The minimum atomic E-state index is -0.506. The van der Waals surface area contributed by atoms with Crippen LogP contribution in [0.2, 0.25) is 0 Å². The van der Waals surface area contributed by atoms with Crippen molar-refractivity contribution in [3.63, 3.8) is 0 Å². The summed E-state index contributed by atoms with van der Waals surface area (Å²) in [4.78, 5) is 25.7. The first kappa shape index (κ1) is 22.7. The molecule has 2 saturated heterocycles. The molecule has 1 aliphatic carbocycles. The molecule has 8 heteroatoms. The molecule has 0 saturated carbocycles. The maximum Gasteiger partial charge on any atom is 0.255 e. The van der Waals surface area contributed by atoms with Crippen LogP contribution >= 0.6 is 0 Å². The molecular weight excluding hydrogens is 457 g/mol. The van der Waals surface area contributed by atoms with Crippen LogP contribution in [-0.4, -0.2) is 46.8 Å². The summed E-state index contributed by atoms with van der Waals surface area (Å²) in [6, 6.07) is 11.9. The summed E-state index contributed by atoms with van der Waals surface area (Å²) in [6.45, 7) is 2.69. The highest BCUT2D eigenvalue weighted by molar-refractivity contribution is 5.60. The van der Waals surface area contributed by atoms with Gasteiger partial charge in [-0.3, -0.25) is 14.3 Å². The van der Waals surface area contributed by atoms with Crippen molar-refractivity contribution in [3.05, 3.63) is 94.8 Å². The molecule has 0 spiro atoms. The SMILES string of the molecule is Cn1c(N2CCO[C@@H](c3ccc(N4CCC5C=CC=CC54)cc3)C2)nc(-c2ccncc2F)cc1=O. The van der Waals surface area contributed by atoms with E-state index in [-0.39, 0.29) is 17.2 Å². The molecule has 3 atom stereocenters. The van der Waals surface area contributed by atoms with Gasteiger partial charge in [-0.2, -0.15) is 0 Å². The van der Waals surface area contributed by atoms with Crippen LogP contribution in [0.15, 0.2) is 77.9 Å². The third-order valence-electron chi connectivity index (χ3n) is 7.39. The molecule has 3 aromatic rings. The normalized spacial score (nSPS) is 23.2. The highest BCUT2D eigenvalue weighted by Gasteiger charge is 2.32. The Hall–Kier alpha value is -3.78. The lowest BCUT2D eigenvalue weighted by Gasteiger charge is -2.35. The van der Waals surface area contributed by atoms with Gasteiger partial charge in [0.1, 0.15) is 6.10 Å². The number of benzene rings is 1. The van der Waals surface area contributed by atoms with Gasteiger partial charge in [0.05, 0.1) is 31.1 Å². The first-order valence-corrected chi connectivity index (χ1v) is 12.3. The van der Waals surface area contributed by atoms with E-state index in [0.29, 0.717) is 43.3 Å². The molecule has 4 heterocycles. The first-order chi connectivity index (χ1) is 17.6. The van der Waals surface area contributed by atoms with E-state index in [2.05, 4.69) is 63.4 Å². The maximum absolute atomic E-state index is 14.3. The minimum absolute atomic E-state index is 0.158. The molecule has 0 amide bonds. The van der Waals surface area contributed by atoms with Crippen molar-refractivity contribution >= 4 is 11.6 Å². The van der Waals surface area contributed by atoms with Crippen LogP contribution in [0, 0.1) is 11.7 Å². The van der Waals surface area contributed by atoms with Crippen molar-refractivity contribution in [1.29, 1.82) is 0 Å². The highest BCUT2D eigenvalue weighted by atomic mass is 19.1. The van der Waals surface area contributed by atoms with Crippen LogP contribution in [-0.2, 0) is 11.8 Å². The van der Waals surface area contributed by atoms with E-state index in [1.54, 1.807) is 7.05 Å². The summed E-state index contributed by atoms with van der Waals surface area (Å²) in [7, 11) is 1.69. The number of nitrogens with zero attached hydrogens (tertiary/aromatic N) is 5. The molecule has 7 nitrogen and oxygen atoms in total. The number of halogens is 1. The Morgan fingerprint density at radius 2 is 1.92 bits per heavy atom. The van der Waals surface area contributed by atoms with Crippen molar-refractivity contribution in [1.82, 2.24) is 14.5 Å². The number of morpholine rings is 1. The van der Waals surface area contributed by atoms with Gasteiger partial charge in [0.2, 0.25) is 5.95 Å². The topological polar surface area (TPSA) is 63.5 Å². The van der Waals surface area contributed by atoms with Crippen LogP contribution in [0.5, 0.6) is 0 Å². The molecule has 1 aromatic carbocycles. The van der Waals surface area contributed by atoms with E-state index in [1.807, 2.05) is 4.90 Å². The van der Waals surface area contributed by atoms with E-state index < -0.39 is 5.82 Å². The second-order valence-corrected chi connectivity index (χ2v) is 9.50. The van der Waals surface area contributed by atoms with Gasteiger partial charge in [0.25, 0.3) is 5.56 Å². The summed E-state index contributed by atoms with van der Waals surface area (Å²) < 4.78 is 22.0. The lowest BCUT2D eigenvalue weighted by atomic mass is 9.96. The Balaban J connectivity index is 1.23. The molecule has 2 aliphatic heterocycles. The van der Waals surface area contributed by atoms with Crippen LogP contribution < -0.4 is 15.4 Å². The quantitative estimate of drug-likeness (QED) is 0.559. The van der Waals surface area contributed by atoms with Gasteiger partial charge in [-0.15, -0.1) is 0 Å². The molecular formula is C28H28FN5O2. The Labute approximate surface area is 209 Å². The van der Waals surface area contributed by atoms with Gasteiger partial charge in [0.15, 0.2) is 5.82 Å². The standard InChI is InChI=1S/C28H28FN5O2/c1-32-27(35)16-24(22-10-12-30-17-23(22)29)31-28(32)33-14-15-36-26(18-33)20-6-8-21(9-7-20)34-13-11-19-4-2-3-5-25(19)34/h2-10,12,16-17,19,25-26H,11,13-15,18H2,1H3/t19?,25?,26-/m1/s1. The van der Waals surface area contributed by atoms with Crippen LogP contribution in [0.3, 0.4) is 0 Å². The van der Waals surface area contributed by atoms with Gasteiger partial charge < -0.3 is 14.5 Å². The van der Waals surface area contributed by atoms with Crippen LogP contribution in [0.25, 0.3) is 11.3 Å². The van der Waals surface area contributed by atoms with Gasteiger partial charge in [-0.1, -0.05) is 36.4 Å². The highest BCUT2D eigenvalue weighted by Crippen LogP contribution is 2.34. The predicted molar refractivity (Wildman–Crippen MR) is 138 cm³/mol. The number of ether oxygens (including phenoxy) is 1. The number of fused-ring (bicyclic) bond motifs is 1. The summed E-state index contributed by atoms with van der Waals surface area (Å²) in [5.41, 5.74) is 2.62. The fourth-order valence-corrected chi connectivity index (χ4v) is 5.43. The Morgan fingerprint density at radius 3 is 2.75 bits per heavy atom. The number of hydrogen-bond acceptors (Lipinski definition) is 6. The van der Waals surface area contributed by atoms with Gasteiger partial charge in [-0.25, -0.2) is 9.37 Å². The molecule has 2 unspecified atom stereocenters. The number of hydrogen-bond donors (Lipinski definition) is 0. The van der Waals surface area contributed by atoms with E-state index >= 15 is 0 Å². The lowest BCUT2D eigenvalue weighted by molar-refractivity contribution is 0.0390. The molecule has 184 valence electrons. The van der Waals surface area contributed by atoms with Crippen molar-refractivity contribution in [2.75, 3.05) is 36.0 Å². The third kappa shape index (κ3) is 4.11. The molecule has 0 bridgehead atoms. The van der Waals surface area contributed by atoms with E-state index in [9.17, 15) is 9.18 Å². The van der Waals surface area contributed by atoms with Gasteiger partial charge in [-0.05, 0) is 30.2 Å². The second-order valence-electron chi connectivity index (χ2n) is 9.50. The summed E-state index contributed by atoms with van der Waals surface area (Å²) in [5, 5.41) is 0. The molecule has 2 aromatic heterocycles. The monoisotopic (exact) mass is 485 g/mol. The van der Waals surface area contributed by atoms with E-state index in [4.69, 9.17) is 4.74 Å². The fourth-order valence-electron chi connectivity index (χ4n) is 5.43. The minimum Gasteiger partial charge on any atom is -0.370 e. The summed E-state index contributed by atoms with van der Waals surface area (Å²) in [6.07, 6.45) is 12.5. The smallest absolute Gasteiger partial charge is 0.255 e. The summed E-state index contributed by atoms with van der Waals surface area (Å²) in [5.74, 6) is 0.576. The van der Waals surface area contributed by atoms with Gasteiger partial charge >= 0.3 is 0 Å². The van der Waals surface area contributed by atoms with Crippen molar-refractivity contribution in [3.8, 4) is 11.3 Å². The zero-order valence-corrected chi connectivity index (χ0v) is 20.1. The van der Waals surface area contributed by atoms with Crippen LogP contribution in [0.4, 0.5) is 16.0 Å². The zero-order valence-electron chi connectivity index (χ0n) is 20.1. The maximum atomic E-state index is 14.3. The Bertz CT molecular complexity index is 1380. The van der Waals surface area contributed by atoms with Gasteiger partial charge in [0, 0.05) is 49.6 Å². The predicted octanol–water partition coefficient (Wildman–Crippen LogP) is 3.88. The second kappa shape index (κ2) is 9.35. The lowest BCUT2D eigenvalue weighted by Crippen LogP contribution is -2.41. The molecule has 0 radical (unpaired) electrons. The number of rotatable bonds is 4. The molecule has 6 rings (SSSR count). The van der Waals surface area contributed by atoms with Crippen molar-refractivity contribution < 1.29 is 9.13 Å². The van der Waals surface area contributed by atoms with E-state index in [1.165, 1.54) is 35.0 Å². The number of anilines is 2. The number of aromatic nitrogens is 3. The average Bonchev–Trinajstić information content (AvgIpc) is 3.35. The van der Waals surface area contributed by atoms with Crippen molar-refractivity contribution in [2.24, 2.45) is 13.0 Å². The Morgan fingerprint density at radius 1 is 1.08 bits per heavy atom. The molecule has 0 N–H and O–H groups in total. The molecule has 2 fully saturated rings. The zero-order chi connectivity index (χ0) is 24.6. The largest absolute Gasteiger partial charge is 0.370 e. The van der Waals surface area contributed by atoms with E-state index in [0.717, 1.165) is 18.3 Å². The number of allylic oxidation sites excluding steroid dienone is 2. The number of pyridine rings is 1. The average molecular weight is 486 g/mol. The van der Waals surface area contributed by atoms with Crippen LogP contribution in [0.1, 0.15) is 18.1 Å².